The summed E-state index contributed by atoms with van der Waals surface area (Å²) in [5.41, 5.74) is 2.76. The summed E-state index contributed by atoms with van der Waals surface area (Å²) in [5.74, 6) is -0.801. The number of azo groups is 1. The summed E-state index contributed by atoms with van der Waals surface area (Å²) in [6, 6.07) is 24.0. The summed E-state index contributed by atoms with van der Waals surface area (Å²) < 4.78 is 31.9. The molecular formula is C38H38N2O10. The second-order valence-corrected chi connectivity index (χ2v) is 11.0. The molecule has 0 heterocycles. The molecule has 0 aromatic heterocycles. The lowest BCUT2D eigenvalue weighted by atomic mass is 10.1. The van der Waals surface area contributed by atoms with Crippen LogP contribution in [0.25, 0.3) is 0 Å². The van der Waals surface area contributed by atoms with Crippen LogP contribution >= 0.6 is 0 Å². The Bertz CT molecular complexity index is 1790. The van der Waals surface area contributed by atoms with Gasteiger partial charge in [-0.15, -0.1) is 0 Å². The highest BCUT2D eigenvalue weighted by Crippen LogP contribution is 2.27. The SMILES string of the molecule is CCC(C)C(=O)OCCOCCOc1ccc(C(=O)Oc2ccc(C(=O)Oc3ccc(N=Nc4ccc(C(=O)OC)cc4)cc3C)cc2)cc1. The molecule has 260 valence electrons. The molecule has 12 heteroatoms. The summed E-state index contributed by atoms with van der Waals surface area (Å²) in [5, 5.41) is 8.38. The maximum absolute atomic E-state index is 12.8. The number of hydrogen-bond donors (Lipinski definition) is 0. The molecule has 4 aromatic rings. The first-order chi connectivity index (χ1) is 24.2. The fraction of sp³-hybridized carbons (Fsp3) is 0.263. The summed E-state index contributed by atoms with van der Waals surface area (Å²) in [7, 11) is 1.32. The second-order valence-electron chi connectivity index (χ2n) is 11.0. The van der Waals surface area contributed by atoms with E-state index in [0.717, 1.165) is 6.42 Å². The Balaban J connectivity index is 1.20. The topological polar surface area (TPSA) is 148 Å². The van der Waals surface area contributed by atoms with Gasteiger partial charge in [-0.25, -0.2) is 14.4 Å². The first kappa shape index (κ1) is 36.9. The van der Waals surface area contributed by atoms with E-state index in [1.54, 1.807) is 73.7 Å². The van der Waals surface area contributed by atoms with Crippen molar-refractivity contribution in [2.24, 2.45) is 16.1 Å². The first-order valence-electron chi connectivity index (χ1n) is 15.9. The monoisotopic (exact) mass is 682 g/mol. The minimum Gasteiger partial charge on any atom is -0.491 e. The number of esters is 4. The molecule has 4 aromatic carbocycles. The number of benzene rings is 4. The number of carbonyl (C=O) groups excluding carboxylic acids is 4. The van der Waals surface area contributed by atoms with Gasteiger partial charge in [-0.2, -0.15) is 10.2 Å². The van der Waals surface area contributed by atoms with E-state index in [0.29, 0.717) is 46.2 Å². The number of carbonyl (C=O) groups is 4. The zero-order valence-electron chi connectivity index (χ0n) is 28.3. The molecule has 0 saturated heterocycles. The molecule has 12 nitrogen and oxygen atoms in total. The van der Waals surface area contributed by atoms with Crippen molar-refractivity contribution >= 4 is 35.3 Å². The molecule has 0 amide bonds. The minimum atomic E-state index is -0.586. The number of nitrogens with zero attached hydrogens (tertiary/aromatic N) is 2. The second kappa shape index (κ2) is 18.6. The van der Waals surface area contributed by atoms with Crippen LogP contribution < -0.4 is 14.2 Å². The molecule has 0 aliphatic rings. The van der Waals surface area contributed by atoms with E-state index in [9.17, 15) is 19.2 Å². The van der Waals surface area contributed by atoms with Crippen molar-refractivity contribution in [3.8, 4) is 17.2 Å². The van der Waals surface area contributed by atoms with Crippen molar-refractivity contribution in [2.75, 3.05) is 33.5 Å². The highest BCUT2D eigenvalue weighted by atomic mass is 16.6. The Hall–Kier alpha value is -5.88. The summed E-state index contributed by atoms with van der Waals surface area (Å²) in [6.07, 6.45) is 0.728. The predicted molar refractivity (Wildman–Crippen MR) is 183 cm³/mol. The zero-order valence-corrected chi connectivity index (χ0v) is 28.3. The van der Waals surface area contributed by atoms with E-state index >= 15 is 0 Å². The van der Waals surface area contributed by atoms with Gasteiger partial charge in [-0.05, 0) is 110 Å². The van der Waals surface area contributed by atoms with Gasteiger partial charge in [0, 0.05) is 0 Å². The van der Waals surface area contributed by atoms with Crippen LogP contribution in [0.15, 0.2) is 101 Å². The standard InChI is InChI=1S/C38H38N2O10/c1-5-25(2)35(41)48-23-21-46-20-22-47-32-15-8-28(9-16-32)37(43)49-33-17-10-29(11-18-33)38(44)50-34-19-14-31(24-26(34)3)40-39-30-12-6-27(7-13-30)36(42)45-4/h6-19,24-25H,5,20-23H2,1-4H3. The van der Waals surface area contributed by atoms with E-state index in [4.69, 9.17) is 23.7 Å². The van der Waals surface area contributed by atoms with Gasteiger partial charge in [0.2, 0.25) is 0 Å². The minimum absolute atomic E-state index is 0.128. The quantitative estimate of drug-likeness (QED) is 0.0500. The van der Waals surface area contributed by atoms with Crippen LogP contribution in [0.3, 0.4) is 0 Å². The van der Waals surface area contributed by atoms with Gasteiger partial charge in [0.15, 0.2) is 0 Å². The molecule has 50 heavy (non-hydrogen) atoms. The number of methoxy groups -OCH3 is 1. The number of hydrogen-bond acceptors (Lipinski definition) is 12. The highest BCUT2D eigenvalue weighted by Gasteiger charge is 2.14. The van der Waals surface area contributed by atoms with Crippen molar-refractivity contribution in [2.45, 2.75) is 27.2 Å². The summed E-state index contributed by atoms with van der Waals surface area (Å²) in [6.45, 7) is 6.59. The fourth-order valence-electron chi connectivity index (χ4n) is 4.21. The predicted octanol–water partition coefficient (Wildman–Crippen LogP) is 7.62. The van der Waals surface area contributed by atoms with E-state index in [-0.39, 0.29) is 43.0 Å². The number of rotatable bonds is 16. The average Bonchev–Trinajstić information content (AvgIpc) is 3.14. The summed E-state index contributed by atoms with van der Waals surface area (Å²) >= 11 is 0. The Morgan fingerprint density at radius 1 is 0.640 bits per heavy atom. The molecule has 0 fully saturated rings. The van der Waals surface area contributed by atoms with Crippen LogP contribution in [0, 0.1) is 12.8 Å². The molecule has 0 spiro atoms. The van der Waals surface area contributed by atoms with Crippen LogP contribution in [0.5, 0.6) is 17.2 Å². The first-order valence-corrected chi connectivity index (χ1v) is 15.9. The molecule has 0 aliphatic carbocycles. The Labute approximate surface area is 289 Å². The van der Waals surface area contributed by atoms with Crippen LogP contribution in [0.1, 0.15) is 56.9 Å². The van der Waals surface area contributed by atoms with Gasteiger partial charge in [-0.1, -0.05) is 13.8 Å². The molecule has 1 atom stereocenters. The Morgan fingerprint density at radius 3 is 1.80 bits per heavy atom. The molecule has 0 bridgehead atoms. The Morgan fingerprint density at radius 2 is 1.18 bits per heavy atom. The lowest BCUT2D eigenvalue weighted by Gasteiger charge is -2.10. The van der Waals surface area contributed by atoms with Gasteiger partial charge < -0.3 is 28.4 Å². The van der Waals surface area contributed by atoms with Crippen LogP contribution in [0.2, 0.25) is 0 Å². The van der Waals surface area contributed by atoms with Gasteiger partial charge in [-0.3, -0.25) is 4.79 Å². The molecule has 0 N–H and O–H groups in total. The van der Waals surface area contributed by atoms with E-state index in [1.165, 1.54) is 31.4 Å². The maximum Gasteiger partial charge on any atom is 0.343 e. The van der Waals surface area contributed by atoms with Gasteiger partial charge in [0.05, 0.1) is 54.3 Å². The summed E-state index contributed by atoms with van der Waals surface area (Å²) in [4.78, 5) is 48.7. The number of aryl methyl sites for hydroxylation is 1. The maximum atomic E-state index is 12.8. The molecule has 0 aliphatic heterocycles. The average molecular weight is 683 g/mol. The van der Waals surface area contributed by atoms with E-state index in [2.05, 4.69) is 15.0 Å². The highest BCUT2D eigenvalue weighted by molar-refractivity contribution is 5.93. The third-order valence-electron chi connectivity index (χ3n) is 7.30. The van der Waals surface area contributed by atoms with Crippen molar-refractivity contribution in [1.82, 2.24) is 0 Å². The van der Waals surface area contributed by atoms with E-state index in [1.807, 2.05) is 13.8 Å². The smallest absolute Gasteiger partial charge is 0.343 e. The lowest BCUT2D eigenvalue weighted by Crippen LogP contribution is -2.18. The Kier molecular flexibility index (Phi) is 13.7. The van der Waals surface area contributed by atoms with Crippen molar-refractivity contribution in [3.63, 3.8) is 0 Å². The van der Waals surface area contributed by atoms with Crippen molar-refractivity contribution in [3.05, 3.63) is 113 Å². The normalized spacial score (nSPS) is 11.4. The third-order valence-corrected chi connectivity index (χ3v) is 7.30. The van der Waals surface area contributed by atoms with E-state index < -0.39 is 17.9 Å². The fourth-order valence-corrected chi connectivity index (χ4v) is 4.21. The lowest BCUT2D eigenvalue weighted by molar-refractivity contribution is -0.149. The molecule has 0 radical (unpaired) electrons. The number of ether oxygens (including phenoxy) is 6. The van der Waals surface area contributed by atoms with Crippen LogP contribution in [-0.4, -0.2) is 57.4 Å². The third kappa shape index (κ3) is 11.1. The molecular weight excluding hydrogens is 644 g/mol. The molecule has 0 saturated carbocycles. The molecule has 4 rings (SSSR count). The van der Waals surface area contributed by atoms with Crippen LogP contribution in [-0.2, 0) is 19.0 Å². The van der Waals surface area contributed by atoms with Gasteiger partial charge >= 0.3 is 23.9 Å². The zero-order chi connectivity index (χ0) is 35.9. The largest absolute Gasteiger partial charge is 0.491 e. The van der Waals surface area contributed by atoms with Crippen molar-refractivity contribution < 1.29 is 47.6 Å². The van der Waals surface area contributed by atoms with Gasteiger partial charge in [0.1, 0.15) is 30.5 Å². The van der Waals surface area contributed by atoms with Crippen LogP contribution in [0.4, 0.5) is 11.4 Å². The van der Waals surface area contributed by atoms with Gasteiger partial charge in [0.25, 0.3) is 0 Å². The van der Waals surface area contributed by atoms with Crippen molar-refractivity contribution in [1.29, 1.82) is 0 Å². The molecule has 1 unspecified atom stereocenters.